The Kier molecular flexibility index (Phi) is 4.73. The molecular formula is C14H13N5O2. The normalized spacial score (nSPS) is 9.81. The van der Waals surface area contributed by atoms with Crippen LogP contribution in [0.2, 0.25) is 0 Å². The molecule has 7 nitrogen and oxygen atoms in total. The SMILES string of the molecule is N#CCCN(CCC#N)C(=O)c1cc(-c2ccco2)[nH]n1. The lowest BCUT2D eigenvalue weighted by Gasteiger charge is -2.18. The average molecular weight is 283 g/mol. The molecule has 0 radical (unpaired) electrons. The molecule has 0 spiro atoms. The Balaban J connectivity index is 2.13. The third kappa shape index (κ3) is 3.48. The van der Waals surface area contributed by atoms with Gasteiger partial charge in [-0.1, -0.05) is 0 Å². The molecule has 2 rings (SSSR count). The van der Waals surface area contributed by atoms with Crippen LogP contribution < -0.4 is 0 Å². The molecule has 0 saturated heterocycles. The number of furan rings is 1. The molecule has 106 valence electrons. The number of H-pyrrole nitrogens is 1. The van der Waals surface area contributed by atoms with Crippen LogP contribution >= 0.6 is 0 Å². The molecule has 21 heavy (non-hydrogen) atoms. The summed E-state index contributed by atoms with van der Waals surface area (Å²) in [5, 5.41) is 24.0. The van der Waals surface area contributed by atoms with Gasteiger partial charge in [-0.25, -0.2) is 0 Å². The van der Waals surface area contributed by atoms with Crippen molar-refractivity contribution >= 4 is 5.91 Å². The topological polar surface area (TPSA) is 110 Å². The lowest BCUT2D eigenvalue weighted by Crippen LogP contribution is -2.33. The molecule has 0 saturated carbocycles. The number of hydrogen-bond acceptors (Lipinski definition) is 5. The van der Waals surface area contributed by atoms with E-state index in [0.29, 0.717) is 11.5 Å². The molecule has 1 N–H and O–H groups in total. The Morgan fingerprint density at radius 2 is 2.05 bits per heavy atom. The van der Waals surface area contributed by atoms with Gasteiger partial charge in [0, 0.05) is 19.2 Å². The first-order valence-corrected chi connectivity index (χ1v) is 6.38. The zero-order valence-corrected chi connectivity index (χ0v) is 11.2. The first-order chi connectivity index (χ1) is 10.3. The summed E-state index contributed by atoms with van der Waals surface area (Å²) in [7, 11) is 0. The Morgan fingerprint density at radius 3 is 2.62 bits per heavy atom. The molecule has 0 unspecified atom stereocenters. The van der Waals surface area contributed by atoms with Crippen LogP contribution in [0.25, 0.3) is 11.5 Å². The highest BCUT2D eigenvalue weighted by Gasteiger charge is 2.19. The van der Waals surface area contributed by atoms with Crippen molar-refractivity contribution in [1.29, 1.82) is 10.5 Å². The summed E-state index contributed by atoms with van der Waals surface area (Å²) in [6, 6.07) is 9.06. The van der Waals surface area contributed by atoms with Gasteiger partial charge in [-0.15, -0.1) is 0 Å². The van der Waals surface area contributed by atoms with Gasteiger partial charge in [-0.3, -0.25) is 9.89 Å². The van der Waals surface area contributed by atoms with Crippen molar-refractivity contribution in [1.82, 2.24) is 15.1 Å². The van der Waals surface area contributed by atoms with Gasteiger partial charge in [0.15, 0.2) is 11.5 Å². The number of nitriles is 2. The van der Waals surface area contributed by atoms with E-state index >= 15 is 0 Å². The molecule has 1 amide bonds. The van der Waals surface area contributed by atoms with Gasteiger partial charge in [0.1, 0.15) is 5.69 Å². The number of aromatic amines is 1. The molecule has 2 heterocycles. The molecule has 0 aromatic carbocycles. The number of nitrogens with one attached hydrogen (secondary N) is 1. The van der Waals surface area contributed by atoms with Crippen LogP contribution in [-0.2, 0) is 0 Å². The van der Waals surface area contributed by atoms with Crippen LogP contribution in [0.15, 0.2) is 28.9 Å². The summed E-state index contributed by atoms with van der Waals surface area (Å²) >= 11 is 0. The maximum absolute atomic E-state index is 12.3. The van der Waals surface area contributed by atoms with E-state index in [1.54, 1.807) is 18.2 Å². The predicted molar refractivity (Wildman–Crippen MR) is 72.7 cm³/mol. The maximum Gasteiger partial charge on any atom is 0.274 e. The number of nitrogens with zero attached hydrogens (tertiary/aromatic N) is 4. The highest BCUT2D eigenvalue weighted by molar-refractivity contribution is 5.93. The first-order valence-electron chi connectivity index (χ1n) is 6.38. The van der Waals surface area contributed by atoms with Crippen LogP contribution in [0, 0.1) is 22.7 Å². The average Bonchev–Trinajstić information content (AvgIpc) is 3.17. The second-order valence-electron chi connectivity index (χ2n) is 4.25. The summed E-state index contributed by atoms with van der Waals surface area (Å²) in [5.41, 5.74) is 0.834. The molecule has 2 aromatic rings. The molecule has 0 aliphatic rings. The Bertz CT molecular complexity index is 657. The van der Waals surface area contributed by atoms with Gasteiger partial charge < -0.3 is 9.32 Å². The van der Waals surface area contributed by atoms with Gasteiger partial charge in [0.25, 0.3) is 5.91 Å². The third-order valence-corrected chi connectivity index (χ3v) is 2.86. The van der Waals surface area contributed by atoms with Crippen molar-refractivity contribution in [2.45, 2.75) is 12.8 Å². The zero-order chi connectivity index (χ0) is 15.1. The number of aromatic nitrogens is 2. The molecule has 0 aliphatic carbocycles. The van der Waals surface area contributed by atoms with Gasteiger partial charge >= 0.3 is 0 Å². The van der Waals surface area contributed by atoms with Crippen LogP contribution in [0.1, 0.15) is 23.3 Å². The standard InChI is InChI=1S/C14H13N5O2/c15-5-2-7-19(8-3-6-16)14(20)12-10-11(17-18-12)13-4-1-9-21-13/h1,4,9-10H,2-3,7-8H2,(H,17,18). The number of amides is 1. The largest absolute Gasteiger partial charge is 0.463 e. The minimum absolute atomic E-state index is 0.215. The van der Waals surface area contributed by atoms with E-state index in [0.717, 1.165) is 0 Å². The smallest absolute Gasteiger partial charge is 0.274 e. The van der Waals surface area contributed by atoms with Gasteiger partial charge in [0.05, 0.1) is 31.2 Å². The van der Waals surface area contributed by atoms with Crippen molar-refractivity contribution in [3.63, 3.8) is 0 Å². The molecule has 2 aromatic heterocycles. The quantitative estimate of drug-likeness (QED) is 0.871. The van der Waals surface area contributed by atoms with Crippen molar-refractivity contribution in [2.24, 2.45) is 0 Å². The summed E-state index contributed by atoms with van der Waals surface area (Å²) in [6.07, 6.45) is 1.96. The minimum Gasteiger partial charge on any atom is -0.463 e. The third-order valence-electron chi connectivity index (χ3n) is 2.86. The molecule has 0 aliphatic heterocycles. The first kappa shape index (κ1) is 14.4. The van der Waals surface area contributed by atoms with E-state index in [4.69, 9.17) is 14.9 Å². The number of hydrogen-bond donors (Lipinski definition) is 1. The van der Waals surface area contributed by atoms with Crippen molar-refractivity contribution < 1.29 is 9.21 Å². The Labute approximate surface area is 121 Å². The predicted octanol–water partition coefficient (Wildman–Crippen LogP) is 1.94. The van der Waals surface area contributed by atoms with E-state index in [1.807, 2.05) is 12.1 Å². The second kappa shape index (κ2) is 6.92. The van der Waals surface area contributed by atoms with Crippen LogP contribution in [-0.4, -0.2) is 34.1 Å². The van der Waals surface area contributed by atoms with E-state index in [9.17, 15) is 4.79 Å². The summed E-state index contributed by atoms with van der Waals surface area (Å²) in [6.45, 7) is 0.555. The van der Waals surface area contributed by atoms with Crippen molar-refractivity contribution in [3.05, 3.63) is 30.2 Å². The molecule has 0 atom stereocenters. The second-order valence-corrected chi connectivity index (χ2v) is 4.25. The van der Waals surface area contributed by atoms with E-state index in [-0.39, 0.29) is 37.5 Å². The van der Waals surface area contributed by atoms with Crippen LogP contribution in [0.4, 0.5) is 0 Å². The van der Waals surface area contributed by atoms with Crippen molar-refractivity contribution in [2.75, 3.05) is 13.1 Å². The maximum atomic E-state index is 12.3. The molecular weight excluding hydrogens is 270 g/mol. The van der Waals surface area contributed by atoms with Gasteiger partial charge in [-0.2, -0.15) is 15.6 Å². The highest BCUT2D eigenvalue weighted by Crippen LogP contribution is 2.18. The monoisotopic (exact) mass is 283 g/mol. The van der Waals surface area contributed by atoms with Gasteiger partial charge in [-0.05, 0) is 12.1 Å². The lowest BCUT2D eigenvalue weighted by molar-refractivity contribution is 0.0756. The van der Waals surface area contributed by atoms with Gasteiger partial charge in [0.2, 0.25) is 0 Å². The zero-order valence-electron chi connectivity index (χ0n) is 11.2. The number of carbonyl (C=O) groups excluding carboxylic acids is 1. The van der Waals surface area contributed by atoms with Crippen LogP contribution in [0.5, 0.6) is 0 Å². The van der Waals surface area contributed by atoms with Crippen LogP contribution in [0.3, 0.4) is 0 Å². The fourth-order valence-corrected chi connectivity index (χ4v) is 1.84. The molecule has 7 heteroatoms. The van der Waals surface area contributed by atoms with E-state index in [1.165, 1.54) is 11.2 Å². The number of rotatable bonds is 6. The summed E-state index contributed by atoms with van der Waals surface area (Å²) in [4.78, 5) is 13.8. The van der Waals surface area contributed by atoms with E-state index < -0.39 is 0 Å². The minimum atomic E-state index is -0.311. The molecule has 0 fully saturated rings. The van der Waals surface area contributed by atoms with E-state index in [2.05, 4.69) is 10.2 Å². The molecule has 0 bridgehead atoms. The fraction of sp³-hybridized carbons (Fsp3) is 0.286. The lowest BCUT2D eigenvalue weighted by atomic mass is 10.2. The Morgan fingerprint density at radius 1 is 1.33 bits per heavy atom. The summed E-state index contributed by atoms with van der Waals surface area (Å²) in [5.74, 6) is 0.275. The summed E-state index contributed by atoms with van der Waals surface area (Å²) < 4.78 is 5.22. The van der Waals surface area contributed by atoms with Crippen molar-refractivity contribution in [3.8, 4) is 23.6 Å². The Hall–Kier alpha value is -3.06. The highest BCUT2D eigenvalue weighted by atomic mass is 16.3. The fourth-order valence-electron chi connectivity index (χ4n) is 1.84. The number of carbonyl (C=O) groups is 1.